The van der Waals surface area contributed by atoms with Crippen LogP contribution >= 0.6 is 0 Å². The van der Waals surface area contributed by atoms with Crippen LogP contribution in [0.25, 0.3) is 0 Å². The second-order valence-electron chi connectivity index (χ2n) is 6.32. The van der Waals surface area contributed by atoms with Crippen LogP contribution in [0.4, 0.5) is 16.2 Å². The highest BCUT2D eigenvalue weighted by molar-refractivity contribution is 5.93. The first-order valence-electron chi connectivity index (χ1n) is 9.18. The van der Waals surface area contributed by atoms with E-state index in [-0.39, 0.29) is 12.0 Å². The SMILES string of the molecule is O=C(CCCOCCc1ccccc1)Nc1cccc(N2CCOC2=O)c1. The molecule has 0 unspecified atom stereocenters. The van der Waals surface area contributed by atoms with E-state index in [0.29, 0.717) is 44.9 Å². The quantitative estimate of drug-likeness (QED) is 0.687. The predicted octanol–water partition coefficient (Wildman–Crippen LogP) is 3.62. The van der Waals surface area contributed by atoms with Crippen LogP contribution in [0.1, 0.15) is 18.4 Å². The lowest BCUT2D eigenvalue weighted by molar-refractivity contribution is -0.116. The molecule has 6 nitrogen and oxygen atoms in total. The number of carbonyl (C=O) groups is 2. The molecule has 1 aliphatic rings. The fraction of sp³-hybridized carbons (Fsp3) is 0.333. The molecule has 0 saturated carbocycles. The van der Waals surface area contributed by atoms with Crippen molar-refractivity contribution in [3.05, 3.63) is 60.2 Å². The molecule has 2 aromatic rings. The zero-order valence-corrected chi connectivity index (χ0v) is 15.2. The number of benzene rings is 2. The Morgan fingerprint density at radius 1 is 1.11 bits per heavy atom. The Morgan fingerprint density at radius 2 is 1.96 bits per heavy atom. The first kappa shape index (κ1) is 18.9. The molecule has 0 spiro atoms. The van der Waals surface area contributed by atoms with Gasteiger partial charge in [0.05, 0.1) is 13.2 Å². The van der Waals surface area contributed by atoms with Crippen molar-refractivity contribution >= 4 is 23.4 Å². The van der Waals surface area contributed by atoms with Gasteiger partial charge in [-0.05, 0) is 36.6 Å². The van der Waals surface area contributed by atoms with Gasteiger partial charge in [-0.1, -0.05) is 36.4 Å². The molecule has 1 saturated heterocycles. The van der Waals surface area contributed by atoms with Gasteiger partial charge in [-0.25, -0.2) is 4.79 Å². The summed E-state index contributed by atoms with van der Waals surface area (Å²) in [6.07, 6.45) is 1.57. The third kappa shape index (κ3) is 5.82. The van der Waals surface area contributed by atoms with Crippen LogP contribution in [0.15, 0.2) is 54.6 Å². The van der Waals surface area contributed by atoms with Gasteiger partial charge in [0.2, 0.25) is 5.91 Å². The van der Waals surface area contributed by atoms with Crippen LogP contribution in [0.5, 0.6) is 0 Å². The number of hydrogen-bond acceptors (Lipinski definition) is 4. The van der Waals surface area contributed by atoms with Crippen LogP contribution in [-0.2, 0) is 20.7 Å². The molecule has 0 radical (unpaired) electrons. The van der Waals surface area contributed by atoms with Gasteiger partial charge in [0.25, 0.3) is 0 Å². The minimum absolute atomic E-state index is 0.0668. The molecule has 0 aromatic heterocycles. The minimum atomic E-state index is -0.355. The maximum atomic E-state index is 12.1. The smallest absolute Gasteiger partial charge is 0.414 e. The predicted molar refractivity (Wildman–Crippen MR) is 104 cm³/mol. The van der Waals surface area contributed by atoms with Gasteiger partial charge in [-0.3, -0.25) is 9.69 Å². The maximum Gasteiger partial charge on any atom is 0.414 e. The molecular weight excluding hydrogens is 344 g/mol. The van der Waals surface area contributed by atoms with Crippen molar-refractivity contribution in [2.24, 2.45) is 0 Å². The minimum Gasteiger partial charge on any atom is -0.447 e. The number of cyclic esters (lactones) is 1. The number of anilines is 2. The molecular formula is C21H24N2O4. The Labute approximate surface area is 159 Å². The van der Waals surface area contributed by atoms with Gasteiger partial charge >= 0.3 is 6.09 Å². The summed E-state index contributed by atoms with van der Waals surface area (Å²) >= 11 is 0. The number of amides is 2. The van der Waals surface area contributed by atoms with Crippen LogP contribution < -0.4 is 10.2 Å². The van der Waals surface area contributed by atoms with Crippen molar-refractivity contribution in [3.63, 3.8) is 0 Å². The Hall–Kier alpha value is -2.86. The van der Waals surface area contributed by atoms with Crippen molar-refractivity contribution in [1.29, 1.82) is 0 Å². The first-order chi connectivity index (χ1) is 13.2. The molecule has 1 N–H and O–H groups in total. The van der Waals surface area contributed by atoms with Gasteiger partial charge < -0.3 is 14.8 Å². The van der Waals surface area contributed by atoms with Gasteiger partial charge in [0.15, 0.2) is 0 Å². The third-order valence-corrected chi connectivity index (χ3v) is 4.27. The van der Waals surface area contributed by atoms with E-state index in [2.05, 4.69) is 17.4 Å². The Morgan fingerprint density at radius 3 is 2.74 bits per heavy atom. The van der Waals surface area contributed by atoms with Gasteiger partial charge in [0, 0.05) is 24.4 Å². The number of rotatable bonds is 9. The lowest BCUT2D eigenvalue weighted by atomic mass is 10.2. The largest absolute Gasteiger partial charge is 0.447 e. The van der Waals surface area contributed by atoms with Crippen molar-refractivity contribution < 1.29 is 19.1 Å². The van der Waals surface area contributed by atoms with Crippen molar-refractivity contribution in [1.82, 2.24) is 0 Å². The standard InChI is InChI=1S/C21H24N2O4/c24-20(10-5-13-26-14-11-17-6-2-1-3-7-17)22-18-8-4-9-19(16-18)23-12-15-27-21(23)25/h1-4,6-9,16H,5,10-15H2,(H,22,24). The lowest BCUT2D eigenvalue weighted by Crippen LogP contribution is -2.23. The molecule has 0 atom stereocenters. The summed E-state index contributed by atoms with van der Waals surface area (Å²) < 4.78 is 10.5. The average molecular weight is 368 g/mol. The number of nitrogens with zero attached hydrogens (tertiary/aromatic N) is 1. The highest BCUT2D eigenvalue weighted by Crippen LogP contribution is 2.22. The van der Waals surface area contributed by atoms with Crippen LogP contribution in [0.3, 0.4) is 0 Å². The van der Waals surface area contributed by atoms with E-state index in [9.17, 15) is 9.59 Å². The summed E-state index contributed by atoms with van der Waals surface area (Å²) in [5.74, 6) is -0.0668. The summed E-state index contributed by atoms with van der Waals surface area (Å²) in [4.78, 5) is 25.3. The van der Waals surface area contributed by atoms with E-state index in [4.69, 9.17) is 9.47 Å². The number of hydrogen-bond donors (Lipinski definition) is 1. The molecule has 1 heterocycles. The first-order valence-corrected chi connectivity index (χ1v) is 9.18. The molecule has 3 rings (SSSR count). The van der Waals surface area contributed by atoms with E-state index in [1.54, 1.807) is 17.0 Å². The second-order valence-corrected chi connectivity index (χ2v) is 6.32. The molecule has 1 fully saturated rings. The highest BCUT2D eigenvalue weighted by Gasteiger charge is 2.23. The summed E-state index contributed by atoms with van der Waals surface area (Å²) in [7, 11) is 0. The third-order valence-electron chi connectivity index (χ3n) is 4.27. The monoisotopic (exact) mass is 368 g/mol. The average Bonchev–Trinajstić information content (AvgIpc) is 3.11. The number of nitrogens with one attached hydrogen (secondary N) is 1. The van der Waals surface area contributed by atoms with Crippen molar-refractivity contribution in [2.45, 2.75) is 19.3 Å². The number of ether oxygens (including phenoxy) is 2. The summed E-state index contributed by atoms with van der Waals surface area (Å²) in [5.41, 5.74) is 2.64. The maximum absolute atomic E-state index is 12.1. The topological polar surface area (TPSA) is 67.9 Å². The van der Waals surface area contributed by atoms with Gasteiger partial charge in [-0.2, -0.15) is 0 Å². The summed E-state index contributed by atoms with van der Waals surface area (Å²) in [5, 5.41) is 2.86. The molecule has 2 aromatic carbocycles. The lowest BCUT2D eigenvalue weighted by Gasteiger charge is -2.14. The van der Waals surface area contributed by atoms with E-state index in [1.807, 2.05) is 30.3 Å². The van der Waals surface area contributed by atoms with E-state index in [0.717, 1.165) is 12.1 Å². The molecule has 27 heavy (non-hydrogen) atoms. The molecule has 142 valence electrons. The normalized spacial score (nSPS) is 13.5. The summed E-state index contributed by atoms with van der Waals surface area (Å²) in [6, 6.07) is 17.4. The zero-order chi connectivity index (χ0) is 18.9. The molecule has 6 heteroatoms. The van der Waals surface area contributed by atoms with Gasteiger partial charge in [0.1, 0.15) is 6.61 Å². The van der Waals surface area contributed by atoms with E-state index < -0.39 is 0 Å². The summed E-state index contributed by atoms with van der Waals surface area (Å²) in [6.45, 7) is 2.12. The molecule has 0 bridgehead atoms. The van der Waals surface area contributed by atoms with Crippen LogP contribution in [0, 0.1) is 0 Å². The Bertz CT molecular complexity index is 764. The van der Waals surface area contributed by atoms with Crippen LogP contribution in [-0.4, -0.2) is 38.4 Å². The van der Waals surface area contributed by atoms with Crippen molar-refractivity contribution in [2.75, 3.05) is 36.6 Å². The fourth-order valence-corrected chi connectivity index (χ4v) is 2.87. The van der Waals surface area contributed by atoms with E-state index in [1.165, 1.54) is 5.56 Å². The fourth-order valence-electron chi connectivity index (χ4n) is 2.87. The Balaban J connectivity index is 1.35. The second kappa shape index (κ2) is 9.73. The zero-order valence-electron chi connectivity index (χ0n) is 15.2. The molecule has 2 amide bonds. The van der Waals surface area contributed by atoms with Gasteiger partial charge in [-0.15, -0.1) is 0 Å². The van der Waals surface area contributed by atoms with Crippen LogP contribution in [0.2, 0.25) is 0 Å². The molecule has 1 aliphatic heterocycles. The van der Waals surface area contributed by atoms with Crippen molar-refractivity contribution in [3.8, 4) is 0 Å². The Kier molecular flexibility index (Phi) is 6.82. The molecule has 0 aliphatic carbocycles. The van der Waals surface area contributed by atoms with E-state index >= 15 is 0 Å². The number of carbonyl (C=O) groups excluding carboxylic acids is 2. The highest BCUT2D eigenvalue weighted by atomic mass is 16.6.